The molecule has 5 aliphatic rings. The lowest BCUT2D eigenvalue weighted by Crippen LogP contribution is -2.53. The van der Waals surface area contributed by atoms with E-state index in [2.05, 4.69) is 10.2 Å². The number of nitrogens with one attached hydrogen (secondary N) is 1. The molecular formula is C27H29F3N2O2. The number of piperidine rings is 3. The van der Waals surface area contributed by atoms with Crippen LogP contribution in [-0.2, 0) is 17.3 Å². The van der Waals surface area contributed by atoms with Crippen LogP contribution in [0.15, 0.2) is 42.5 Å². The number of hydrogen-bond donors (Lipinski definition) is 1. The molecule has 2 aliphatic carbocycles. The summed E-state index contributed by atoms with van der Waals surface area (Å²) < 4.78 is 45.5. The van der Waals surface area contributed by atoms with E-state index in [-0.39, 0.29) is 23.7 Å². The summed E-state index contributed by atoms with van der Waals surface area (Å²) in [6, 6.07) is 11.2. The maximum Gasteiger partial charge on any atom is 0.416 e. The first kappa shape index (κ1) is 22.0. The first-order chi connectivity index (χ1) is 16.3. The Kier molecular flexibility index (Phi) is 5.17. The molecule has 3 heterocycles. The molecule has 34 heavy (non-hydrogen) atoms. The normalized spacial score (nSPS) is 28.9. The second-order valence-corrected chi connectivity index (χ2v) is 10.5. The molecule has 0 aromatic heterocycles. The van der Waals surface area contributed by atoms with E-state index in [1.54, 1.807) is 6.07 Å². The molecular weight excluding hydrogens is 441 g/mol. The topological polar surface area (TPSA) is 41.6 Å². The summed E-state index contributed by atoms with van der Waals surface area (Å²) in [5.41, 5.74) is 2.93. The molecule has 2 bridgehead atoms. The van der Waals surface area contributed by atoms with E-state index in [9.17, 15) is 18.0 Å². The monoisotopic (exact) mass is 470 g/mol. The van der Waals surface area contributed by atoms with Crippen molar-refractivity contribution in [3.8, 4) is 11.1 Å². The third-order valence-corrected chi connectivity index (χ3v) is 8.49. The fourth-order valence-electron chi connectivity index (χ4n) is 6.28. The van der Waals surface area contributed by atoms with Gasteiger partial charge in [0, 0.05) is 6.54 Å². The number of benzene rings is 2. The molecule has 1 amide bonds. The van der Waals surface area contributed by atoms with Gasteiger partial charge in [-0.15, -0.1) is 0 Å². The lowest BCUT2D eigenvalue weighted by atomic mass is 9.76. The van der Waals surface area contributed by atoms with Crippen molar-refractivity contribution in [2.75, 3.05) is 19.6 Å². The van der Waals surface area contributed by atoms with Gasteiger partial charge in [-0.1, -0.05) is 30.3 Å². The maximum absolute atomic E-state index is 13.2. The van der Waals surface area contributed by atoms with Gasteiger partial charge >= 0.3 is 12.3 Å². The van der Waals surface area contributed by atoms with Crippen molar-refractivity contribution in [1.29, 1.82) is 0 Å². The predicted octanol–water partition coefficient (Wildman–Crippen LogP) is 5.96. The Bertz CT molecular complexity index is 1100. The maximum atomic E-state index is 13.2. The lowest BCUT2D eigenvalue weighted by molar-refractivity contribution is -0.137. The van der Waals surface area contributed by atoms with Crippen molar-refractivity contribution in [1.82, 2.24) is 10.2 Å². The average molecular weight is 471 g/mol. The number of alkyl halides is 3. The van der Waals surface area contributed by atoms with Crippen molar-refractivity contribution in [2.45, 2.75) is 56.8 Å². The standard InChI is InChI=1S/C27H29F3N2O2/c28-27(29,30)21-3-1-2-18(15-21)19-4-5-22-20(14-19)6-9-26(10-11-26)24(22)31-25(33)34-23-16-32-12-7-17(23)8-13-32/h1-5,14-15,17,23-24H,6-13,16H2,(H,31,33)/t23-,24?/m1/s1. The number of rotatable bonds is 3. The van der Waals surface area contributed by atoms with E-state index < -0.39 is 11.7 Å². The number of amides is 1. The minimum Gasteiger partial charge on any atom is -0.445 e. The van der Waals surface area contributed by atoms with Gasteiger partial charge in [0.05, 0.1) is 11.6 Å². The Morgan fingerprint density at radius 1 is 1.03 bits per heavy atom. The first-order valence-corrected chi connectivity index (χ1v) is 12.3. The molecule has 180 valence electrons. The van der Waals surface area contributed by atoms with Crippen LogP contribution in [0.2, 0.25) is 0 Å². The summed E-state index contributed by atoms with van der Waals surface area (Å²) in [4.78, 5) is 15.3. The predicted molar refractivity (Wildman–Crippen MR) is 122 cm³/mol. The molecule has 1 saturated carbocycles. The van der Waals surface area contributed by atoms with Gasteiger partial charge in [-0.05, 0) is 97.3 Å². The highest BCUT2D eigenvalue weighted by Crippen LogP contribution is 2.61. The Balaban J connectivity index is 1.23. The molecule has 4 nitrogen and oxygen atoms in total. The van der Waals surface area contributed by atoms with Crippen molar-refractivity contribution in [3.63, 3.8) is 0 Å². The second kappa shape index (κ2) is 8.01. The number of ether oxygens (including phenoxy) is 1. The second-order valence-electron chi connectivity index (χ2n) is 10.5. The van der Waals surface area contributed by atoms with E-state index in [1.807, 2.05) is 18.2 Å². The molecule has 2 aromatic carbocycles. The van der Waals surface area contributed by atoms with Gasteiger partial charge in [0.15, 0.2) is 0 Å². The van der Waals surface area contributed by atoms with Crippen molar-refractivity contribution in [2.24, 2.45) is 11.3 Å². The summed E-state index contributed by atoms with van der Waals surface area (Å²) in [5, 5.41) is 3.19. The van der Waals surface area contributed by atoms with Gasteiger partial charge in [-0.3, -0.25) is 4.90 Å². The van der Waals surface area contributed by atoms with Crippen LogP contribution in [-0.4, -0.2) is 36.7 Å². The Morgan fingerprint density at radius 3 is 2.47 bits per heavy atom. The number of hydrogen-bond acceptors (Lipinski definition) is 3. The van der Waals surface area contributed by atoms with E-state index in [0.29, 0.717) is 11.5 Å². The molecule has 2 atom stereocenters. The summed E-state index contributed by atoms with van der Waals surface area (Å²) in [7, 11) is 0. The third-order valence-electron chi connectivity index (χ3n) is 8.49. The van der Waals surface area contributed by atoms with Crippen molar-refractivity contribution < 1.29 is 22.7 Å². The fourth-order valence-corrected chi connectivity index (χ4v) is 6.28. The van der Waals surface area contributed by atoms with Crippen molar-refractivity contribution >= 4 is 6.09 Å². The SMILES string of the molecule is O=C(NC1c2ccc(-c3cccc(C(F)(F)F)c3)cc2CCC12CC2)O[C@@H]1CN2CCC1CC2. The molecule has 1 spiro atoms. The number of carbonyl (C=O) groups is 1. The smallest absolute Gasteiger partial charge is 0.416 e. The Morgan fingerprint density at radius 2 is 1.79 bits per heavy atom. The van der Waals surface area contributed by atoms with Gasteiger partial charge in [0.25, 0.3) is 0 Å². The van der Waals surface area contributed by atoms with Crippen LogP contribution in [0, 0.1) is 11.3 Å². The Hall–Kier alpha value is -2.54. The minimum absolute atomic E-state index is 0.0380. The van der Waals surface area contributed by atoms with Crippen LogP contribution in [0.3, 0.4) is 0 Å². The molecule has 3 aliphatic heterocycles. The molecule has 4 fully saturated rings. The largest absolute Gasteiger partial charge is 0.445 e. The number of carbonyl (C=O) groups excluding carboxylic acids is 1. The van der Waals surface area contributed by atoms with Crippen LogP contribution in [0.5, 0.6) is 0 Å². The highest BCUT2D eigenvalue weighted by Gasteiger charge is 2.53. The number of alkyl carbamates (subject to hydrolysis) is 1. The van der Waals surface area contributed by atoms with Crippen LogP contribution >= 0.6 is 0 Å². The zero-order valence-corrected chi connectivity index (χ0v) is 19.0. The van der Waals surface area contributed by atoms with E-state index >= 15 is 0 Å². The van der Waals surface area contributed by atoms with Gasteiger partial charge in [0.1, 0.15) is 6.10 Å². The molecule has 0 radical (unpaired) electrons. The van der Waals surface area contributed by atoms with Crippen LogP contribution in [0.1, 0.15) is 54.8 Å². The number of fused-ring (bicyclic) bond motifs is 4. The molecule has 1 N–H and O–H groups in total. The molecule has 7 rings (SSSR count). The van der Waals surface area contributed by atoms with Crippen LogP contribution < -0.4 is 5.32 Å². The van der Waals surface area contributed by atoms with Crippen LogP contribution in [0.4, 0.5) is 18.0 Å². The first-order valence-electron chi connectivity index (χ1n) is 12.3. The van der Waals surface area contributed by atoms with E-state index in [4.69, 9.17) is 4.74 Å². The van der Waals surface area contributed by atoms with Crippen molar-refractivity contribution in [3.05, 3.63) is 59.2 Å². The Labute approximate surface area is 197 Å². The van der Waals surface area contributed by atoms with E-state index in [0.717, 1.165) is 80.9 Å². The number of nitrogens with zero attached hydrogens (tertiary/aromatic N) is 1. The summed E-state index contributed by atoms with van der Waals surface area (Å²) in [6.07, 6.45) is 1.42. The van der Waals surface area contributed by atoms with Crippen LogP contribution in [0.25, 0.3) is 11.1 Å². The summed E-state index contributed by atoms with van der Waals surface area (Å²) >= 11 is 0. The molecule has 3 saturated heterocycles. The summed E-state index contributed by atoms with van der Waals surface area (Å²) in [5.74, 6) is 0.458. The molecule has 2 aromatic rings. The molecule has 7 heteroatoms. The van der Waals surface area contributed by atoms with Gasteiger partial charge in [0.2, 0.25) is 0 Å². The van der Waals surface area contributed by atoms with Gasteiger partial charge in [-0.25, -0.2) is 4.79 Å². The van der Waals surface area contributed by atoms with E-state index in [1.165, 1.54) is 12.1 Å². The minimum atomic E-state index is -4.37. The highest BCUT2D eigenvalue weighted by atomic mass is 19.4. The molecule has 1 unspecified atom stereocenters. The summed E-state index contributed by atoms with van der Waals surface area (Å²) in [6.45, 7) is 3.02. The van der Waals surface area contributed by atoms with Gasteiger partial charge < -0.3 is 10.1 Å². The lowest BCUT2D eigenvalue weighted by Gasteiger charge is -2.44. The van der Waals surface area contributed by atoms with Gasteiger partial charge in [-0.2, -0.15) is 13.2 Å². The zero-order chi connectivity index (χ0) is 23.5. The fraction of sp³-hybridized carbons (Fsp3) is 0.519. The quantitative estimate of drug-likeness (QED) is 0.602. The number of aryl methyl sites for hydroxylation is 1. The number of halogens is 3. The zero-order valence-electron chi connectivity index (χ0n) is 19.0. The highest BCUT2D eigenvalue weighted by molar-refractivity contribution is 5.70. The third kappa shape index (κ3) is 3.98. The average Bonchev–Trinajstić information content (AvgIpc) is 3.61.